The lowest BCUT2D eigenvalue weighted by molar-refractivity contribution is 0.635. The van der Waals surface area contributed by atoms with E-state index >= 15 is 0 Å². The Morgan fingerprint density at radius 3 is 2.48 bits per heavy atom. The monoisotopic (exact) mass is 285 g/mol. The van der Waals surface area contributed by atoms with Gasteiger partial charge in [-0.15, -0.1) is 0 Å². The molecule has 0 amide bonds. The van der Waals surface area contributed by atoms with E-state index in [0.717, 1.165) is 25.8 Å². The van der Waals surface area contributed by atoms with Crippen LogP contribution < -0.4 is 5.73 Å². The zero-order valence-corrected chi connectivity index (χ0v) is 13.7. The molecule has 1 aromatic heterocycles. The quantitative estimate of drug-likeness (QED) is 0.885. The van der Waals surface area contributed by atoms with Crippen LogP contribution in [0, 0.1) is 6.92 Å². The molecule has 1 heterocycles. The van der Waals surface area contributed by atoms with Gasteiger partial charge in [0, 0.05) is 11.7 Å². The third-order valence-corrected chi connectivity index (χ3v) is 4.03. The molecule has 0 radical (unpaired) electrons. The highest BCUT2D eigenvalue weighted by Crippen LogP contribution is 2.20. The summed E-state index contributed by atoms with van der Waals surface area (Å²) in [5.41, 5.74) is 12.6. The number of nitrogens with zero attached hydrogens (tertiary/aromatic N) is 2. The maximum atomic E-state index is 6.02. The van der Waals surface area contributed by atoms with Gasteiger partial charge in [0.1, 0.15) is 0 Å². The van der Waals surface area contributed by atoms with Crippen LogP contribution in [0.25, 0.3) is 0 Å². The summed E-state index contributed by atoms with van der Waals surface area (Å²) < 4.78 is 2.18. The standard InChI is InChI=1S/C18H27N3/c1-5-17-16(11-14(4)19)18(6-2)21(20-17)12-15-10-8-7-9-13(15)3/h7-10,14H,5-6,11-12,19H2,1-4H3. The average Bonchev–Trinajstić information content (AvgIpc) is 2.77. The second-order valence-corrected chi connectivity index (χ2v) is 5.84. The van der Waals surface area contributed by atoms with Gasteiger partial charge in [-0.2, -0.15) is 5.10 Å². The molecule has 0 spiro atoms. The largest absolute Gasteiger partial charge is 0.328 e. The van der Waals surface area contributed by atoms with Crippen molar-refractivity contribution in [2.45, 2.75) is 59.5 Å². The Labute approximate surface area is 128 Å². The number of rotatable bonds is 6. The molecule has 0 saturated carbocycles. The molecule has 0 aliphatic rings. The third kappa shape index (κ3) is 3.53. The fourth-order valence-electron chi connectivity index (χ4n) is 2.91. The summed E-state index contributed by atoms with van der Waals surface area (Å²) in [5, 5.41) is 4.85. The molecule has 2 aromatic rings. The third-order valence-electron chi connectivity index (χ3n) is 4.03. The average molecular weight is 285 g/mol. The molecule has 0 aliphatic heterocycles. The van der Waals surface area contributed by atoms with E-state index in [4.69, 9.17) is 10.8 Å². The van der Waals surface area contributed by atoms with Crippen LogP contribution in [0.4, 0.5) is 0 Å². The van der Waals surface area contributed by atoms with Crippen LogP contribution in [0.3, 0.4) is 0 Å². The van der Waals surface area contributed by atoms with Crippen molar-refractivity contribution in [3.8, 4) is 0 Å². The summed E-state index contributed by atoms with van der Waals surface area (Å²) in [6.07, 6.45) is 2.89. The molecule has 2 rings (SSSR count). The number of aromatic nitrogens is 2. The summed E-state index contributed by atoms with van der Waals surface area (Å²) in [6.45, 7) is 9.45. The van der Waals surface area contributed by atoms with Gasteiger partial charge in [-0.3, -0.25) is 4.68 Å². The molecule has 2 N–H and O–H groups in total. The van der Waals surface area contributed by atoms with Crippen LogP contribution in [0.2, 0.25) is 0 Å². The minimum atomic E-state index is 0.178. The molecule has 0 saturated heterocycles. The minimum Gasteiger partial charge on any atom is -0.328 e. The number of benzene rings is 1. The Kier molecular flexibility index (Phi) is 5.18. The van der Waals surface area contributed by atoms with Gasteiger partial charge in [0.15, 0.2) is 0 Å². The van der Waals surface area contributed by atoms with Crippen LogP contribution >= 0.6 is 0 Å². The van der Waals surface area contributed by atoms with Crippen molar-refractivity contribution in [1.29, 1.82) is 0 Å². The summed E-state index contributed by atoms with van der Waals surface area (Å²) in [6, 6.07) is 8.71. The molecule has 3 heteroatoms. The van der Waals surface area contributed by atoms with Crippen molar-refractivity contribution in [2.75, 3.05) is 0 Å². The number of hydrogen-bond donors (Lipinski definition) is 1. The van der Waals surface area contributed by atoms with Gasteiger partial charge in [0.2, 0.25) is 0 Å². The Bertz CT molecular complexity index is 597. The second kappa shape index (κ2) is 6.90. The molecule has 114 valence electrons. The molecule has 0 bridgehead atoms. The minimum absolute atomic E-state index is 0.178. The van der Waals surface area contributed by atoms with Gasteiger partial charge in [0.25, 0.3) is 0 Å². The van der Waals surface area contributed by atoms with Crippen molar-refractivity contribution >= 4 is 0 Å². The van der Waals surface area contributed by atoms with Crippen LogP contribution in [-0.2, 0) is 25.8 Å². The van der Waals surface area contributed by atoms with Crippen molar-refractivity contribution in [3.63, 3.8) is 0 Å². The first-order chi connectivity index (χ1) is 10.1. The number of hydrogen-bond acceptors (Lipinski definition) is 2. The van der Waals surface area contributed by atoms with Crippen LogP contribution in [0.1, 0.15) is 48.8 Å². The highest BCUT2D eigenvalue weighted by atomic mass is 15.3. The normalized spacial score (nSPS) is 12.6. The van der Waals surface area contributed by atoms with E-state index in [1.54, 1.807) is 0 Å². The first-order valence-corrected chi connectivity index (χ1v) is 7.94. The molecule has 21 heavy (non-hydrogen) atoms. The summed E-state index contributed by atoms with van der Waals surface area (Å²) in [4.78, 5) is 0. The predicted octanol–water partition coefficient (Wildman–Crippen LogP) is 3.25. The van der Waals surface area contributed by atoms with Crippen molar-refractivity contribution < 1.29 is 0 Å². The van der Waals surface area contributed by atoms with E-state index in [2.05, 4.69) is 56.6 Å². The molecular formula is C18H27N3. The van der Waals surface area contributed by atoms with Gasteiger partial charge in [-0.25, -0.2) is 0 Å². The van der Waals surface area contributed by atoms with Crippen molar-refractivity contribution in [1.82, 2.24) is 9.78 Å². The Balaban J connectivity index is 2.39. The van der Waals surface area contributed by atoms with Gasteiger partial charge in [-0.1, -0.05) is 38.1 Å². The lowest BCUT2D eigenvalue weighted by Crippen LogP contribution is -2.19. The SMILES string of the molecule is CCc1nn(Cc2ccccc2C)c(CC)c1CC(C)N. The summed E-state index contributed by atoms with van der Waals surface area (Å²) in [7, 11) is 0. The van der Waals surface area contributed by atoms with E-state index in [1.165, 1.54) is 28.1 Å². The maximum absolute atomic E-state index is 6.02. The topological polar surface area (TPSA) is 43.8 Å². The molecule has 1 unspecified atom stereocenters. The molecule has 1 aromatic carbocycles. The van der Waals surface area contributed by atoms with Crippen molar-refractivity contribution in [2.24, 2.45) is 5.73 Å². The van der Waals surface area contributed by atoms with E-state index in [0.29, 0.717) is 0 Å². The van der Waals surface area contributed by atoms with Gasteiger partial charge in [-0.05, 0) is 49.8 Å². The highest BCUT2D eigenvalue weighted by molar-refractivity contribution is 5.31. The van der Waals surface area contributed by atoms with Gasteiger partial charge in [0.05, 0.1) is 12.2 Å². The van der Waals surface area contributed by atoms with Gasteiger partial charge >= 0.3 is 0 Å². The van der Waals surface area contributed by atoms with E-state index < -0.39 is 0 Å². The zero-order chi connectivity index (χ0) is 15.4. The lowest BCUT2D eigenvalue weighted by atomic mass is 10.0. The first kappa shape index (κ1) is 15.8. The summed E-state index contributed by atoms with van der Waals surface area (Å²) in [5.74, 6) is 0. The van der Waals surface area contributed by atoms with Crippen LogP contribution in [-0.4, -0.2) is 15.8 Å². The number of nitrogens with two attached hydrogens (primary N) is 1. The predicted molar refractivity (Wildman–Crippen MR) is 88.6 cm³/mol. The van der Waals surface area contributed by atoms with Crippen LogP contribution in [0.5, 0.6) is 0 Å². The summed E-state index contributed by atoms with van der Waals surface area (Å²) >= 11 is 0. The lowest BCUT2D eigenvalue weighted by Gasteiger charge is -2.11. The van der Waals surface area contributed by atoms with E-state index in [1.807, 2.05) is 0 Å². The van der Waals surface area contributed by atoms with Crippen LogP contribution in [0.15, 0.2) is 24.3 Å². The molecule has 1 atom stereocenters. The Morgan fingerprint density at radius 2 is 1.90 bits per heavy atom. The van der Waals surface area contributed by atoms with E-state index in [9.17, 15) is 0 Å². The molecule has 3 nitrogen and oxygen atoms in total. The zero-order valence-electron chi connectivity index (χ0n) is 13.7. The smallest absolute Gasteiger partial charge is 0.0665 e. The highest BCUT2D eigenvalue weighted by Gasteiger charge is 2.17. The fraction of sp³-hybridized carbons (Fsp3) is 0.500. The second-order valence-electron chi connectivity index (χ2n) is 5.84. The first-order valence-electron chi connectivity index (χ1n) is 7.94. The Hall–Kier alpha value is -1.61. The molecule has 0 fully saturated rings. The molecule has 0 aliphatic carbocycles. The van der Waals surface area contributed by atoms with Gasteiger partial charge < -0.3 is 5.73 Å². The fourth-order valence-corrected chi connectivity index (χ4v) is 2.91. The maximum Gasteiger partial charge on any atom is 0.0665 e. The Morgan fingerprint density at radius 1 is 1.19 bits per heavy atom. The number of aryl methyl sites for hydroxylation is 2. The molecular weight excluding hydrogens is 258 g/mol. The van der Waals surface area contributed by atoms with E-state index in [-0.39, 0.29) is 6.04 Å². The van der Waals surface area contributed by atoms with Crippen molar-refractivity contribution in [3.05, 3.63) is 52.3 Å².